The summed E-state index contributed by atoms with van der Waals surface area (Å²) in [7, 11) is 0. The molecule has 1 aromatic carbocycles. The van der Waals surface area contributed by atoms with Crippen molar-refractivity contribution in [3.63, 3.8) is 0 Å². The number of aliphatic imine (C=N–C) groups is 1. The monoisotopic (exact) mass is 534 g/mol. The maximum Gasteiger partial charge on any atom is 0.191 e. The molecule has 0 saturated heterocycles. The Labute approximate surface area is 180 Å². The molecule has 142 valence electrons. The van der Waals surface area contributed by atoms with Crippen LogP contribution in [0.15, 0.2) is 46.0 Å². The van der Waals surface area contributed by atoms with E-state index in [1.54, 1.807) is 6.20 Å². The van der Waals surface area contributed by atoms with E-state index in [4.69, 9.17) is 0 Å². The average Bonchev–Trinajstić information content (AvgIpc) is 2.59. The normalized spacial score (nSPS) is 11.0. The highest BCUT2D eigenvalue weighted by Crippen LogP contribution is 2.16. The first-order chi connectivity index (χ1) is 12.1. The Hall–Kier alpha value is -1.22. The lowest BCUT2D eigenvalue weighted by atomic mass is 10.1. The highest BCUT2D eigenvalue weighted by Gasteiger charge is 2.04. The number of halogens is 3. The molecule has 2 aromatic rings. The summed E-state index contributed by atoms with van der Waals surface area (Å²) in [6.07, 6.45) is 3.29. The second-order valence-electron chi connectivity index (χ2n) is 5.73. The van der Waals surface area contributed by atoms with Crippen molar-refractivity contribution in [1.29, 1.82) is 0 Å². The summed E-state index contributed by atoms with van der Waals surface area (Å²) < 4.78 is 14.6. The lowest BCUT2D eigenvalue weighted by molar-refractivity contribution is 0.602. The molecule has 0 atom stereocenters. The Morgan fingerprint density at radius 3 is 2.77 bits per heavy atom. The standard InChI is InChI=1S/C19H24BrFN4.HI/c1-3-22-19(25-13-18-14(2)6-4-10-23-18)24-11-5-7-15-8-9-16(20)12-17(15)21;/h4,6,8-10,12H,3,5,7,11,13H2,1-2H3,(H2,22,24,25);1H. The molecule has 0 saturated carbocycles. The largest absolute Gasteiger partial charge is 0.357 e. The molecule has 0 radical (unpaired) electrons. The minimum absolute atomic E-state index is 0. The molecule has 0 fully saturated rings. The molecule has 0 aliphatic heterocycles. The van der Waals surface area contributed by atoms with Gasteiger partial charge in [0.1, 0.15) is 5.82 Å². The smallest absolute Gasteiger partial charge is 0.191 e. The van der Waals surface area contributed by atoms with E-state index in [1.807, 2.05) is 38.1 Å². The third-order valence-electron chi connectivity index (χ3n) is 3.78. The second kappa shape index (κ2) is 12.2. The zero-order valence-corrected chi connectivity index (χ0v) is 19.0. The van der Waals surface area contributed by atoms with Gasteiger partial charge in [0.25, 0.3) is 0 Å². The average molecular weight is 535 g/mol. The first kappa shape index (κ1) is 22.8. The molecule has 1 aromatic heterocycles. The van der Waals surface area contributed by atoms with Crippen molar-refractivity contribution in [2.45, 2.75) is 33.2 Å². The van der Waals surface area contributed by atoms with Crippen molar-refractivity contribution in [2.75, 3.05) is 13.1 Å². The zero-order valence-electron chi connectivity index (χ0n) is 15.1. The molecule has 2 N–H and O–H groups in total. The number of rotatable bonds is 7. The topological polar surface area (TPSA) is 49.3 Å². The van der Waals surface area contributed by atoms with Gasteiger partial charge < -0.3 is 10.6 Å². The molecule has 0 amide bonds. The van der Waals surface area contributed by atoms with Gasteiger partial charge in [-0.1, -0.05) is 28.1 Å². The highest BCUT2D eigenvalue weighted by atomic mass is 127. The van der Waals surface area contributed by atoms with Gasteiger partial charge in [-0.25, -0.2) is 9.38 Å². The fourth-order valence-corrected chi connectivity index (χ4v) is 2.72. The number of pyridine rings is 1. The van der Waals surface area contributed by atoms with Crippen LogP contribution >= 0.6 is 39.9 Å². The number of guanidine groups is 1. The second-order valence-corrected chi connectivity index (χ2v) is 6.64. The Morgan fingerprint density at radius 1 is 1.27 bits per heavy atom. The van der Waals surface area contributed by atoms with Crippen LogP contribution in [0.5, 0.6) is 0 Å². The van der Waals surface area contributed by atoms with Crippen molar-refractivity contribution in [3.05, 3.63) is 63.6 Å². The van der Waals surface area contributed by atoms with Gasteiger partial charge in [0, 0.05) is 23.8 Å². The van der Waals surface area contributed by atoms with Gasteiger partial charge in [-0.3, -0.25) is 4.98 Å². The van der Waals surface area contributed by atoms with Crippen molar-refractivity contribution >= 4 is 45.9 Å². The minimum Gasteiger partial charge on any atom is -0.357 e. The Morgan fingerprint density at radius 2 is 2.08 bits per heavy atom. The zero-order chi connectivity index (χ0) is 18.1. The number of benzene rings is 1. The van der Waals surface area contributed by atoms with Gasteiger partial charge in [-0.2, -0.15) is 0 Å². The molecule has 7 heteroatoms. The third kappa shape index (κ3) is 7.57. The van der Waals surface area contributed by atoms with Crippen LogP contribution in [0.1, 0.15) is 30.2 Å². The molecular formula is C19H25BrFIN4. The number of aryl methyl sites for hydroxylation is 2. The van der Waals surface area contributed by atoms with Crippen LogP contribution in [0.3, 0.4) is 0 Å². The third-order valence-corrected chi connectivity index (χ3v) is 4.27. The van der Waals surface area contributed by atoms with Crippen molar-refractivity contribution < 1.29 is 4.39 Å². The lowest BCUT2D eigenvalue weighted by Crippen LogP contribution is -2.37. The molecular weight excluding hydrogens is 510 g/mol. The summed E-state index contributed by atoms with van der Waals surface area (Å²) in [5, 5.41) is 6.51. The Balaban J connectivity index is 0.00000338. The predicted octanol–water partition coefficient (Wildman–Crippen LogP) is 4.60. The van der Waals surface area contributed by atoms with Gasteiger partial charge in [0.2, 0.25) is 0 Å². The van der Waals surface area contributed by atoms with Crippen LogP contribution in [0, 0.1) is 12.7 Å². The van der Waals surface area contributed by atoms with Crippen LogP contribution in [-0.2, 0) is 13.0 Å². The summed E-state index contributed by atoms with van der Waals surface area (Å²) in [4.78, 5) is 8.93. The van der Waals surface area contributed by atoms with E-state index in [9.17, 15) is 4.39 Å². The molecule has 0 aliphatic carbocycles. The molecule has 0 spiro atoms. The van der Waals surface area contributed by atoms with Crippen LogP contribution in [0.25, 0.3) is 0 Å². The lowest BCUT2D eigenvalue weighted by Gasteiger charge is -2.12. The van der Waals surface area contributed by atoms with Crippen molar-refractivity contribution in [1.82, 2.24) is 15.6 Å². The van der Waals surface area contributed by atoms with E-state index in [2.05, 4.69) is 36.5 Å². The first-order valence-corrected chi connectivity index (χ1v) is 9.26. The number of hydrogen-bond donors (Lipinski definition) is 2. The van der Waals surface area contributed by atoms with Gasteiger partial charge >= 0.3 is 0 Å². The number of nitrogens with one attached hydrogen (secondary N) is 2. The fourth-order valence-electron chi connectivity index (χ4n) is 2.39. The number of aromatic nitrogens is 1. The molecule has 1 heterocycles. The fraction of sp³-hybridized carbons (Fsp3) is 0.368. The summed E-state index contributed by atoms with van der Waals surface area (Å²) in [6.45, 7) is 6.10. The Kier molecular flexibility index (Phi) is 10.7. The van der Waals surface area contributed by atoms with Gasteiger partial charge in [0.15, 0.2) is 5.96 Å². The van der Waals surface area contributed by atoms with E-state index in [1.165, 1.54) is 6.07 Å². The highest BCUT2D eigenvalue weighted by molar-refractivity contribution is 14.0. The maximum absolute atomic E-state index is 13.8. The summed E-state index contributed by atoms with van der Waals surface area (Å²) >= 11 is 3.27. The van der Waals surface area contributed by atoms with E-state index in [-0.39, 0.29) is 29.8 Å². The van der Waals surface area contributed by atoms with E-state index < -0.39 is 0 Å². The van der Waals surface area contributed by atoms with Gasteiger partial charge in [-0.05, 0) is 56.0 Å². The van der Waals surface area contributed by atoms with E-state index in [0.717, 1.165) is 46.8 Å². The summed E-state index contributed by atoms with van der Waals surface area (Å²) in [5.41, 5.74) is 2.83. The number of nitrogens with zero attached hydrogens (tertiary/aromatic N) is 2. The van der Waals surface area contributed by atoms with Crippen LogP contribution in [0.4, 0.5) is 4.39 Å². The summed E-state index contributed by atoms with van der Waals surface area (Å²) in [5.74, 6) is 0.587. The molecule has 2 rings (SSSR count). The first-order valence-electron chi connectivity index (χ1n) is 8.46. The molecule has 4 nitrogen and oxygen atoms in total. The van der Waals surface area contributed by atoms with Gasteiger partial charge in [0.05, 0.1) is 12.2 Å². The van der Waals surface area contributed by atoms with Crippen molar-refractivity contribution in [3.8, 4) is 0 Å². The maximum atomic E-state index is 13.8. The molecule has 0 bridgehead atoms. The predicted molar refractivity (Wildman–Crippen MR) is 120 cm³/mol. The Bertz CT molecular complexity index is 724. The minimum atomic E-state index is -0.166. The van der Waals surface area contributed by atoms with E-state index >= 15 is 0 Å². The van der Waals surface area contributed by atoms with Crippen molar-refractivity contribution in [2.24, 2.45) is 4.99 Å². The quantitative estimate of drug-likeness (QED) is 0.236. The SMILES string of the molecule is CCNC(=NCc1ncccc1C)NCCCc1ccc(Br)cc1F.I. The molecule has 0 aliphatic rings. The number of hydrogen-bond acceptors (Lipinski definition) is 2. The van der Waals surface area contributed by atoms with Crippen LogP contribution in [-0.4, -0.2) is 24.0 Å². The van der Waals surface area contributed by atoms with Crippen LogP contribution < -0.4 is 10.6 Å². The van der Waals surface area contributed by atoms with Crippen LogP contribution in [0.2, 0.25) is 0 Å². The molecule has 0 unspecified atom stereocenters. The molecule has 26 heavy (non-hydrogen) atoms. The van der Waals surface area contributed by atoms with Gasteiger partial charge in [-0.15, -0.1) is 24.0 Å². The summed E-state index contributed by atoms with van der Waals surface area (Å²) in [6, 6.07) is 9.15. The van der Waals surface area contributed by atoms with E-state index in [0.29, 0.717) is 13.0 Å².